The topological polar surface area (TPSA) is 19.4 Å². The van der Waals surface area contributed by atoms with Gasteiger partial charge in [-0.1, -0.05) is 41.9 Å². The van der Waals surface area contributed by atoms with E-state index in [1.54, 1.807) is 0 Å². The van der Waals surface area contributed by atoms with E-state index in [0.29, 0.717) is 10.8 Å². The molecule has 1 aliphatic heterocycles. The van der Waals surface area contributed by atoms with Crippen LogP contribution in [0.1, 0.15) is 11.6 Å². The Kier molecular flexibility index (Phi) is 4.08. The average molecular weight is 306 g/mol. The van der Waals surface area contributed by atoms with E-state index >= 15 is 0 Å². The van der Waals surface area contributed by atoms with Crippen LogP contribution in [-0.2, 0) is 0 Å². The van der Waals surface area contributed by atoms with E-state index in [2.05, 4.69) is 29.1 Å². The summed E-state index contributed by atoms with van der Waals surface area (Å²) < 4.78 is 14.2. The second-order valence-corrected chi connectivity index (χ2v) is 5.78. The maximum Gasteiger partial charge on any atom is 0.167 e. The zero-order valence-corrected chi connectivity index (χ0v) is 12.6. The molecule has 2 aromatic rings. The third-order valence-corrected chi connectivity index (χ3v) is 4.03. The lowest BCUT2D eigenvalue weighted by Crippen LogP contribution is -2.47. The molecule has 110 valence electrons. The van der Waals surface area contributed by atoms with E-state index < -0.39 is 0 Å². The fourth-order valence-electron chi connectivity index (χ4n) is 2.75. The molecule has 0 saturated carbocycles. The molecule has 0 aliphatic carbocycles. The lowest BCUT2D eigenvalue weighted by molar-refractivity contribution is 0.267. The SMILES string of the molecule is CN1CCN(c2ncc(Cl)cc2F)C(c2ccccc2)C1. The van der Waals surface area contributed by atoms with Gasteiger partial charge >= 0.3 is 0 Å². The number of hydrogen-bond donors (Lipinski definition) is 0. The smallest absolute Gasteiger partial charge is 0.167 e. The summed E-state index contributed by atoms with van der Waals surface area (Å²) in [6, 6.07) is 11.6. The zero-order chi connectivity index (χ0) is 14.8. The molecule has 0 amide bonds. The van der Waals surface area contributed by atoms with Crippen molar-refractivity contribution in [2.75, 3.05) is 31.6 Å². The minimum absolute atomic E-state index is 0.0909. The maximum absolute atomic E-state index is 14.2. The average Bonchev–Trinajstić information content (AvgIpc) is 2.49. The van der Waals surface area contributed by atoms with Crippen molar-refractivity contribution < 1.29 is 4.39 Å². The van der Waals surface area contributed by atoms with Gasteiger partial charge in [-0.15, -0.1) is 0 Å². The number of rotatable bonds is 2. The zero-order valence-electron chi connectivity index (χ0n) is 11.8. The minimum Gasteiger partial charge on any atom is -0.345 e. The monoisotopic (exact) mass is 305 g/mol. The Bertz CT molecular complexity index is 620. The van der Waals surface area contributed by atoms with Crippen LogP contribution in [0.5, 0.6) is 0 Å². The number of piperazine rings is 1. The van der Waals surface area contributed by atoms with E-state index in [1.807, 2.05) is 23.1 Å². The second-order valence-electron chi connectivity index (χ2n) is 5.34. The molecule has 1 aromatic heterocycles. The van der Waals surface area contributed by atoms with E-state index in [-0.39, 0.29) is 11.9 Å². The molecule has 2 heterocycles. The van der Waals surface area contributed by atoms with Crippen molar-refractivity contribution >= 4 is 17.4 Å². The van der Waals surface area contributed by atoms with Gasteiger partial charge in [0.05, 0.1) is 11.1 Å². The normalized spacial score (nSPS) is 19.8. The summed E-state index contributed by atoms with van der Waals surface area (Å²) in [5, 5.41) is 0.321. The van der Waals surface area contributed by atoms with Crippen molar-refractivity contribution in [1.29, 1.82) is 0 Å². The number of hydrogen-bond acceptors (Lipinski definition) is 3. The van der Waals surface area contributed by atoms with Crippen LogP contribution in [-0.4, -0.2) is 36.6 Å². The molecule has 1 aromatic carbocycles. The van der Waals surface area contributed by atoms with Crippen molar-refractivity contribution in [3.8, 4) is 0 Å². The van der Waals surface area contributed by atoms with Gasteiger partial charge in [-0.25, -0.2) is 9.37 Å². The fourth-order valence-corrected chi connectivity index (χ4v) is 2.90. The van der Waals surface area contributed by atoms with Gasteiger partial charge in [0.15, 0.2) is 11.6 Å². The number of benzene rings is 1. The fraction of sp³-hybridized carbons (Fsp3) is 0.312. The molecule has 1 saturated heterocycles. The first-order chi connectivity index (χ1) is 10.1. The van der Waals surface area contributed by atoms with Crippen molar-refractivity contribution in [3.63, 3.8) is 0 Å². The molecule has 5 heteroatoms. The Hall–Kier alpha value is -1.65. The predicted molar refractivity (Wildman–Crippen MR) is 83.2 cm³/mol. The van der Waals surface area contributed by atoms with Crippen LogP contribution in [0.15, 0.2) is 42.6 Å². The maximum atomic E-state index is 14.2. The molecule has 1 aliphatic rings. The Balaban J connectivity index is 1.98. The second kappa shape index (κ2) is 6.00. The van der Waals surface area contributed by atoms with E-state index in [1.165, 1.54) is 17.8 Å². The van der Waals surface area contributed by atoms with Crippen molar-refractivity contribution in [2.45, 2.75) is 6.04 Å². The highest BCUT2D eigenvalue weighted by molar-refractivity contribution is 6.30. The largest absolute Gasteiger partial charge is 0.345 e. The summed E-state index contributed by atoms with van der Waals surface area (Å²) in [7, 11) is 2.08. The van der Waals surface area contributed by atoms with E-state index in [4.69, 9.17) is 11.6 Å². The molecule has 0 radical (unpaired) electrons. The highest BCUT2D eigenvalue weighted by Crippen LogP contribution is 2.31. The van der Waals surface area contributed by atoms with Gasteiger partial charge in [0.2, 0.25) is 0 Å². The van der Waals surface area contributed by atoms with Gasteiger partial charge in [0.25, 0.3) is 0 Å². The third-order valence-electron chi connectivity index (χ3n) is 3.83. The first kappa shape index (κ1) is 14.3. The lowest BCUT2D eigenvalue weighted by atomic mass is 10.0. The van der Waals surface area contributed by atoms with Gasteiger partial charge in [0, 0.05) is 25.8 Å². The van der Waals surface area contributed by atoms with E-state index in [0.717, 1.165) is 19.6 Å². The van der Waals surface area contributed by atoms with Crippen LogP contribution in [0.25, 0.3) is 0 Å². The van der Waals surface area contributed by atoms with Crippen LogP contribution >= 0.6 is 11.6 Å². The molecule has 3 rings (SSSR count). The van der Waals surface area contributed by atoms with Crippen LogP contribution in [0.4, 0.5) is 10.2 Å². The molecular formula is C16H17ClFN3. The van der Waals surface area contributed by atoms with Crippen LogP contribution < -0.4 is 4.90 Å². The van der Waals surface area contributed by atoms with Crippen LogP contribution in [0.2, 0.25) is 5.02 Å². The van der Waals surface area contributed by atoms with Gasteiger partial charge in [-0.05, 0) is 18.7 Å². The molecule has 1 atom stereocenters. The lowest BCUT2D eigenvalue weighted by Gasteiger charge is -2.41. The van der Waals surface area contributed by atoms with Crippen LogP contribution in [0, 0.1) is 5.82 Å². The highest BCUT2D eigenvalue weighted by atomic mass is 35.5. The molecule has 0 spiro atoms. The summed E-state index contributed by atoms with van der Waals surface area (Å²) in [6.45, 7) is 2.46. The molecule has 1 fully saturated rings. The van der Waals surface area contributed by atoms with Crippen molar-refractivity contribution in [1.82, 2.24) is 9.88 Å². The number of pyridine rings is 1. The van der Waals surface area contributed by atoms with Gasteiger partial charge < -0.3 is 9.80 Å². The Morgan fingerprint density at radius 3 is 2.71 bits per heavy atom. The van der Waals surface area contributed by atoms with Crippen molar-refractivity contribution in [2.24, 2.45) is 0 Å². The standard InChI is InChI=1S/C16H17ClFN3/c1-20-7-8-21(16-14(18)9-13(17)10-19-16)15(11-20)12-5-3-2-4-6-12/h2-6,9-10,15H,7-8,11H2,1H3. The number of halogens is 2. The highest BCUT2D eigenvalue weighted by Gasteiger charge is 2.29. The quantitative estimate of drug-likeness (QED) is 0.848. The molecule has 21 heavy (non-hydrogen) atoms. The Morgan fingerprint density at radius 2 is 2.00 bits per heavy atom. The number of nitrogens with zero attached hydrogens (tertiary/aromatic N) is 3. The third kappa shape index (κ3) is 3.01. The predicted octanol–water partition coefficient (Wildman–Crippen LogP) is 3.37. The summed E-state index contributed by atoms with van der Waals surface area (Å²) in [5.74, 6) is 0.00865. The Labute approximate surface area is 129 Å². The molecule has 1 unspecified atom stereocenters. The summed E-state index contributed by atoms with van der Waals surface area (Å²) in [4.78, 5) is 8.48. The summed E-state index contributed by atoms with van der Waals surface area (Å²) in [6.07, 6.45) is 1.50. The minimum atomic E-state index is -0.368. The molecule has 0 bridgehead atoms. The number of aromatic nitrogens is 1. The first-order valence-electron chi connectivity index (χ1n) is 6.96. The van der Waals surface area contributed by atoms with Crippen LogP contribution in [0.3, 0.4) is 0 Å². The molecular weight excluding hydrogens is 289 g/mol. The molecule has 3 nitrogen and oxygen atoms in total. The van der Waals surface area contributed by atoms with E-state index in [9.17, 15) is 4.39 Å². The Morgan fingerprint density at radius 1 is 1.24 bits per heavy atom. The van der Waals surface area contributed by atoms with Gasteiger partial charge in [0.1, 0.15) is 0 Å². The van der Waals surface area contributed by atoms with Crippen molar-refractivity contribution in [3.05, 3.63) is 59.0 Å². The number of anilines is 1. The first-order valence-corrected chi connectivity index (χ1v) is 7.34. The number of likely N-dealkylation sites (N-methyl/N-ethyl adjacent to an activating group) is 1. The van der Waals surface area contributed by atoms with Gasteiger partial charge in [-0.3, -0.25) is 0 Å². The van der Waals surface area contributed by atoms with Gasteiger partial charge in [-0.2, -0.15) is 0 Å². The summed E-state index contributed by atoms with van der Waals surface area (Å²) in [5.41, 5.74) is 1.17. The molecule has 0 N–H and O–H groups in total. The summed E-state index contributed by atoms with van der Waals surface area (Å²) >= 11 is 5.80.